The topological polar surface area (TPSA) is 53.6 Å². The number of hydrogen-bond donors (Lipinski definition) is 2. The molecule has 26 heavy (non-hydrogen) atoms. The monoisotopic (exact) mass is 381 g/mol. The number of rotatable bonds is 5. The molecule has 1 saturated carbocycles. The molecule has 6 heteroatoms. The van der Waals surface area contributed by atoms with Gasteiger partial charge in [-0.05, 0) is 24.8 Å². The van der Waals surface area contributed by atoms with Crippen LogP contribution in [-0.2, 0) is 4.79 Å². The van der Waals surface area contributed by atoms with Crippen LogP contribution in [0.15, 0.2) is 24.3 Å². The standard InChI is InChI=1S/C20H31N3O2.ClH/c1-15-7-3-5-9-17(15)22-20(24)14-23-12-11-21-13-18(23)16-8-4-6-10-19(16)25-2;/h4,6,8,10,15,17-18,21H,3,5,7,9,11-14H2,1-2H3,(H,22,24);1H. The van der Waals surface area contributed by atoms with Gasteiger partial charge in [-0.15, -0.1) is 12.4 Å². The van der Waals surface area contributed by atoms with E-state index in [2.05, 4.69) is 28.5 Å². The minimum atomic E-state index is 0. The van der Waals surface area contributed by atoms with E-state index in [-0.39, 0.29) is 24.4 Å². The Bertz CT molecular complexity index is 584. The van der Waals surface area contributed by atoms with Gasteiger partial charge in [0, 0.05) is 31.2 Å². The average Bonchev–Trinajstić information content (AvgIpc) is 2.64. The Morgan fingerprint density at radius 3 is 2.85 bits per heavy atom. The zero-order valence-corrected chi connectivity index (χ0v) is 16.7. The van der Waals surface area contributed by atoms with Crippen molar-refractivity contribution in [2.45, 2.75) is 44.7 Å². The van der Waals surface area contributed by atoms with Crippen LogP contribution < -0.4 is 15.4 Å². The molecule has 3 rings (SSSR count). The average molecular weight is 382 g/mol. The first-order valence-electron chi connectivity index (χ1n) is 9.56. The van der Waals surface area contributed by atoms with E-state index in [0.717, 1.165) is 37.4 Å². The van der Waals surface area contributed by atoms with Crippen molar-refractivity contribution in [3.05, 3.63) is 29.8 Å². The molecular formula is C20H32ClN3O2. The highest BCUT2D eigenvalue weighted by atomic mass is 35.5. The highest BCUT2D eigenvalue weighted by molar-refractivity contribution is 5.85. The molecule has 1 saturated heterocycles. The van der Waals surface area contributed by atoms with Crippen molar-refractivity contribution >= 4 is 18.3 Å². The molecule has 3 unspecified atom stereocenters. The van der Waals surface area contributed by atoms with E-state index in [4.69, 9.17) is 4.74 Å². The van der Waals surface area contributed by atoms with Crippen molar-refractivity contribution in [2.75, 3.05) is 33.3 Å². The van der Waals surface area contributed by atoms with E-state index in [1.165, 1.54) is 19.3 Å². The zero-order valence-electron chi connectivity index (χ0n) is 15.9. The first-order valence-corrected chi connectivity index (χ1v) is 9.56. The SMILES string of the molecule is COc1ccccc1C1CNCCN1CC(=O)NC1CCCCC1C.Cl. The van der Waals surface area contributed by atoms with Crippen LogP contribution in [0.5, 0.6) is 5.75 Å². The van der Waals surface area contributed by atoms with Crippen LogP contribution >= 0.6 is 12.4 Å². The van der Waals surface area contributed by atoms with Gasteiger partial charge in [0.25, 0.3) is 0 Å². The number of amides is 1. The lowest BCUT2D eigenvalue weighted by atomic mass is 9.86. The zero-order chi connectivity index (χ0) is 17.6. The van der Waals surface area contributed by atoms with Crippen molar-refractivity contribution < 1.29 is 9.53 Å². The van der Waals surface area contributed by atoms with Gasteiger partial charge in [0.05, 0.1) is 19.7 Å². The summed E-state index contributed by atoms with van der Waals surface area (Å²) in [5.41, 5.74) is 1.15. The van der Waals surface area contributed by atoms with Gasteiger partial charge in [0.2, 0.25) is 5.91 Å². The van der Waals surface area contributed by atoms with Gasteiger partial charge in [-0.1, -0.05) is 38.0 Å². The van der Waals surface area contributed by atoms with Gasteiger partial charge in [-0.25, -0.2) is 0 Å². The quantitative estimate of drug-likeness (QED) is 0.823. The molecule has 2 N–H and O–H groups in total. The van der Waals surface area contributed by atoms with Crippen LogP contribution in [0.2, 0.25) is 0 Å². The number of piperazine rings is 1. The summed E-state index contributed by atoms with van der Waals surface area (Å²) in [5, 5.41) is 6.73. The second-order valence-electron chi connectivity index (χ2n) is 7.37. The Balaban J connectivity index is 0.00000243. The Hall–Kier alpha value is -1.30. The van der Waals surface area contributed by atoms with E-state index in [1.54, 1.807) is 7.11 Å². The smallest absolute Gasteiger partial charge is 0.234 e. The van der Waals surface area contributed by atoms with Crippen molar-refractivity contribution in [2.24, 2.45) is 5.92 Å². The van der Waals surface area contributed by atoms with E-state index < -0.39 is 0 Å². The molecule has 1 aromatic carbocycles. The summed E-state index contributed by atoms with van der Waals surface area (Å²) < 4.78 is 5.53. The summed E-state index contributed by atoms with van der Waals surface area (Å²) in [5.74, 6) is 1.63. The molecule has 0 bridgehead atoms. The number of ether oxygens (including phenoxy) is 1. The fourth-order valence-corrected chi connectivity index (χ4v) is 4.15. The number of methoxy groups -OCH3 is 1. The summed E-state index contributed by atoms with van der Waals surface area (Å²) in [7, 11) is 1.70. The van der Waals surface area contributed by atoms with E-state index in [0.29, 0.717) is 18.5 Å². The summed E-state index contributed by atoms with van der Waals surface area (Å²) in [6, 6.07) is 8.62. The Labute approximate surface area is 163 Å². The van der Waals surface area contributed by atoms with Gasteiger partial charge >= 0.3 is 0 Å². The van der Waals surface area contributed by atoms with Gasteiger partial charge in [0.1, 0.15) is 5.75 Å². The molecular weight excluding hydrogens is 350 g/mol. The van der Waals surface area contributed by atoms with Gasteiger partial charge in [-0.2, -0.15) is 0 Å². The minimum Gasteiger partial charge on any atom is -0.496 e. The molecule has 2 aliphatic rings. The molecule has 0 spiro atoms. The lowest BCUT2D eigenvalue weighted by Crippen LogP contribution is -2.51. The van der Waals surface area contributed by atoms with Crippen molar-refractivity contribution in [1.82, 2.24) is 15.5 Å². The highest BCUT2D eigenvalue weighted by Gasteiger charge is 2.29. The molecule has 0 radical (unpaired) electrons. The maximum Gasteiger partial charge on any atom is 0.234 e. The maximum absolute atomic E-state index is 12.7. The number of halogens is 1. The Morgan fingerprint density at radius 1 is 1.31 bits per heavy atom. The highest BCUT2D eigenvalue weighted by Crippen LogP contribution is 2.30. The number of carbonyl (C=O) groups is 1. The molecule has 2 fully saturated rings. The summed E-state index contributed by atoms with van der Waals surface area (Å²) in [6.45, 7) is 5.34. The molecule has 1 aromatic rings. The summed E-state index contributed by atoms with van der Waals surface area (Å²) in [4.78, 5) is 14.9. The number of nitrogens with one attached hydrogen (secondary N) is 2. The molecule has 1 aliphatic heterocycles. The fraction of sp³-hybridized carbons (Fsp3) is 0.650. The first kappa shape index (κ1) is 21.0. The second-order valence-corrected chi connectivity index (χ2v) is 7.37. The largest absolute Gasteiger partial charge is 0.496 e. The van der Waals surface area contributed by atoms with Crippen molar-refractivity contribution in [1.29, 1.82) is 0 Å². The Kier molecular flexibility index (Phi) is 8.19. The first-order chi connectivity index (χ1) is 12.2. The molecule has 1 aliphatic carbocycles. The predicted octanol–water partition coefficient (Wildman–Crippen LogP) is 2.76. The lowest BCUT2D eigenvalue weighted by Gasteiger charge is -2.37. The minimum absolute atomic E-state index is 0. The van der Waals surface area contributed by atoms with E-state index in [1.807, 2.05) is 18.2 Å². The number of carbonyl (C=O) groups excluding carboxylic acids is 1. The second kappa shape index (κ2) is 10.1. The Morgan fingerprint density at radius 2 is 2.08 bits per heavy atom. The molecule has 5 nitrogen and oxygen atoms in total. The third-order valence-electron chi connectivity index (χ3n) is 5.66. The van der Waals surface area contributed by atoms with Gasteiger partial charge in [0.15, 0.2) is 0 Å². The van der Waals surface area contributed by atoms with E-state index in [9.17, 15) is 4.79 Å². The van der Waals surface area contributed by atoms with E-state index >= 15 is 0 Å². The molecule has 3 atom stereocenters. The van der Waals surface area contributed by atoms with Crippen LogP contribution in [0, 0.1) is 5.92 Å². The number of hydrogen-bond acceptors (Lipinski definition) is 4. The fourth-order valence-electron chi connectivity index (χ4n) is 4.15. The van der Waals surface area contributed by atoms with Crippen LogP contribution in [0.25, 0.3) is 0 Å². The van der Waals surface area contributed by atoms with Crippen LogP contribution in [0.4, 0.5) is 0 Å². The third kappa shape index (κ3) is 5.12. The predicted molar refractivity (Wildman–Crippen MR) is 107 cm³/mol. The molecule has 1 amide bonds. The van der Waals surface area contributed by atoms with Gasteiger partial charge in [-0.3, -0.25) is 9.69 Å². The van der Waals surface area contributed by atoms with Crippen molar-refractivity contribution in [3.8, 4) is 5.75 Å². The number of benzene rings is 1. The van der Waals surface area contributed by atoms with Crippen LogP contribution in [0.3, 0.4) is 0 Å². The number of para-hydroxylation sites is 1. The van der Waals surface area contributed by atoms with Crippen molar-refractivity contribution in [3.63, 3.8) is 0 Å². The van der Waals surface area contributed by atoms with Crippen LogP contribution in [-0.4, -0.2) is 50.1 Å². The summed E-state index contributed by atoms with van der Waals surface area (Å²) >= 11 is 0. The normalized spacial score (nSPS) is 26.6. The van der Waals surface area contributed by atoms with Crippen LogP contribution in [0.1, 0.15) is 44.2 Å². The molecule has 1 heterocycles. The third-order valence-corrected chi connectivity index (χ3v) is 5.66. The molecule has 146 valence electrons. The molecule has 0 aromatic heterocycles. The summed E-state index contributed by atoms with van der Waals surface area (Å²) in [6.07, 6.45) is 4.86. The lowest BCUT2D eigenvalue weighted by molar-refractivity contribution is -0.124. The number of nitrogens with zero attached hydrogens (tertiary/aromatic N) is 1. The van der Waals surface area contributed by atoms with Gasteiger partial charge < -0.3 is 15.4 Å². The maximum atomic E-state index is 12.7.